The fourth-order valence-corrected chi connectivity index (χ4v) is 1.09. The highest BCUT2D eigenvalue weighted by Crippen LogP contribution is 2.18. The zero-order valence-electron chi connectivity index (χ0n) is 8.95. The van der Waals surface area contributed by atoms with Crippen molar-refractivity contribution in [3.05, 3.63) is 0 Å². The summed E-state index contributed by atoms with van der Waals surface area (Å²) < 4.78 is 0. The van der Waals surface area contributed by atoms with E-state index in [4.69, 9.17) is 10.8 Å². The lowest BCUT2D eigenvalue weighted by Gasteiger charge is -2.22. The smallest absolute Gasteiger partial charge is 0.307 e. The Hall–Kier alpha value is -0.570. The normalized spacial score (nSPS) is 18.3. The zero-order chi connectivity index (χ0) is 10.6. The van der Waals surface area contributed by atoms with Crippen LogP contribution in [0.3, 0.4) is 0 Å². The molecule has 0 aliphatic heterocycles. The minimum atomic E-state index is -0.802. The van der Waals surface area contributed by atoms with Crippen molar-refractivity contribution < 1.29 is 9.90 Å². The topological polar surface area (TPSA) is 63.3 Å². The van der Waals surface area contributed by atoms with Gasteiger partial charge in [-0.05, 0) is 18.3 Å². The van der Waals surface area contributed by atoms with Crippen LogP contribution >= 0.6 is 0 Å². The third-order valence-corrected chi connectivity index (χ3v) is 2.81. The number of hydrogen-bond donors (Lipinski definition) is 2. The second-order valence-corrected chi connectivity index (χ2v) is 4.25. The third-order valence-electron chi connectivity index (χ3n) is 2.81. The molecule has 0 aromatic carbocycles. The van der Waals surface area contributed by atoms with E-state index in [9.17, 15) is 4.79 Å². The predicted molar refractivity (Wildman–Crippen MR) is 53.4 cm³/mol. The van der Waals surface area contributed by atoms with Gasteiger partial charge in [-0.2, -0.15) is 0 Å². The van der Waals surface area contributed by atoms with Crippen LogP contribution in [0, 0.1) is 17.8 Å². The summed E-state index contributed by atoms with van der Waals surface area (Å²) >= 11 is 0. The summed E-state index contributed by atoms with van der Waals surface area (Å²) in [5, 5.41) is 8.72. The van der Waals surface area contributed by atoms with E-state index in [0.717, 1.165) is 6.42 Å². The molecule has 3 N–H and O–H groups in total. The molecule has 13 heavy (non-hydrogen) atoms. The van der Waals surface area contributed by atoms with E-state index in [0.29, 0.717) is 11.8 Å². The maximum absolute atomic E-state index is 10.6. The molecular weight excluding hydrogens is 166 g/mol. The van der Waals surface area contributed by atoms with E-state index in [-0.39, 0.29) is 6.04 Å². The molecule has 0 rings (SSSR count). The standard InChI is InChI=1S/C10H21NO2/c1-6(2)7(3)5-9(11)8(4)10(12)13/h6-9H,5,11H2,1-4H3,(H,12,13). The van der Waals surface area contributed by atoms with E-state index in [1.54, 1.807) is 6.92 Å². The maximum Gasteiger partial charge on any atom is 0.307 e. The van der Waals surface area contributed by atoms with Crippen LogP contribution < -0.4 is 5.73 Å². The molecule has 0 radical (unpaired) electrons. The van der Waals surface area contributed by atoms with Gasteiger partial charge in [-0.25, -0.2) is 0 Å². The van der Waals surface area contributed by atoms with E-state index in [1.807, 2.05) is 0 Å². The SMILES string of the molecule is CC(C)C(C)CC(N)C(C)C(=O)O. The molecule has 0 spiro atoms. The van der Waals surface area contributed by atoms with Crippen LogP contribution in [0.2, 0.25) is 0 Å². The fourth-order valence-electron chi connectivity index (χ4n) is 1.09. The molecule has 0 aliphatic carbocycles. The molecule has 0 aromatic rings. The van der Waals surface area contributed by atoms with Crippen LogP contribution in [-0.2, 0) is 4.79 Å². The first-order valence-electron chi connectivity index (χ1n) is 4.84. The molecule has 78 valence electrons. The van der Waals surface area contributed by atoms with Crippen LogP contribution in [0.15, 0.2) is 0 Å². The van der Waals surface area contributed by atoms with Crippen molar-refractivity contribution in [3.8, 4) is 0 Å². The third kappa shape index (κ3) is 4.27. The summed E-state index contributed by atoms with van der Waals surface area (Å²) in [5.74, 6) is -0.200. The van der Waals surface area contributed by atoms with Crippen molar-refractivity contribution >= 4 is 5.97 Å². The first kappa shape index (κ1) is 12.4. The number of carboxylic acid groups (broad SMARTS) is 1. The molecule has 3 unspecified atom stereocenters. The number of aliphatic carboxylic acids is 1. The van der Waals surface area contributed by atoms with Gasteiger partial charge in [0.2, 0.25) is 0 Å². The van der Waals surface area contributed by atoms with Gasteiger partial charge in [-0.3, -0.25) is 4.79 Å². The van der Waals surface area contributed by atoms with Crippen molar-refractivity contribution in [3.63, 3.8) is 0 Å². The summed E-state index contributed by atoms with van der Waals surface area (Å²) in [6, 6.07) is -0.227. The van der Waals surface area contributed by atoms with Gasteiger partial charge in [0, 0.05) is 6.04 Å². The molecular formula is C10H21NO2. The Morgan fingerprint density at radius 2 is 1.77 bits per heavy atom. The number of hydrogen-bond acceptors (Lipinski definition) is 2. The van der Waals surface area contributed by atoms with Gasteiger partial charge < -0.3 is 10.8 Å². The number of carbonyl (C=O) groups is 1. The quantitative estimate of drug-likeness (QED) is 0.688. The molecule has 3 nitrogen and oxygen atoms in total. The Kier molecular flexibility index (Phi) is 4.99. The summed E-state index contributed by atoms with van der Waals surface area (Å²) in [6.45, 7) is 8.03. The Morgan fingerprint density at radius 3 is 2.08 bits per heavy atom. The Labute approximate surface area is 80.3 Å². The average Bonchev–Trinajstić information content (AvgIpc) is 2.02. The van der Waals surface area contributed by atoms with Crippen molar-refractivity contribution in [1.82, 2.24) is 0 Å². The van der Waals surface area contributed by atoms with E-state index in [2.05, 4.69) is 20.8 Å². The van der Waals surface area contributed by atoms with Gasteiger partial charge in [0.1, 0.15) is 0 Å². The second kappa shape index (κ2) is 5.22. The van der Waals surface area contributed by atoms with E-state index in [1.165, 1.54) is 0 Å². The lowest BCUT2D eigenvalue weighted by Crippen LogP contribution is -2.35. The first-order valence-corrected chi connectivity index (χ1v) is 4.84. The van der Waals surface area contributed by atoms with Gasteiger partial charge in [-0.1, -0.05) is 27.7 Å². The van der Waals surface area contributed by atoms with E-state index >= 15 is 0 Å². The Balaban J connectivity index is 3.99. The summed E-state index contributed by atoms with van der Waals surface area (Å²) in [4.78, 5) is 10.6. The van der Waals surface area contributed by atoms with Crippen LogP contribution in [0.4, 0.5) is 0 Å². The van der Waals surface area contributed by atoms with Gasteiger partial charge >= 0.3 is 5.97 Å². The second-order valence-electron chi connectivity index (χ2n) is 4.25. The monoisotopic (exact) mass is 187 g/mol. The van der Waals surface area contributed by atoms with Gasteiger partial charge in [0.25, 0.3) is 0 Å². The fraction of sp³-hybridized carbons (Fsp3) is 0.900. The minimum absolute atomic E-state index is 0.227. The number of rotatable bonds is 5. The molecule has 0 fully saturated rings. The highest BCUT2D eigenvalue weighted by Gasteiger charge is 2.22. The van der Waals surface area contributed by atoms with Gasteiger partial charge in [-0.15, -0.1) is 0 Å². The molecule has 0 aliphatic rings. The largest absolute Gasteiger partial charge is 0.481 e. The molecule has 3 atom stereocenters. The molecule has 3 heteroatoms. The number of nitrogens with two attached hydrogens (primary N) is 1. The molecule has 0 saturated carbocycles. The highest BCUT2D eigenvalue weighted by atomic mass is 16.4. The van der Waals surface area contributed by atoms with Crippen molar-refractivity contribution in [2.45, 2.75) is 40.2 Å². The van der Waals surface area contributed by atoms with Crippen LogP contribution in [0.5, 0.6) is 0 Å². The Bertz CT molecular complexity index is 168. The summed E-state index contributed by atoms with van der Waals surface area (Å²) in [5.41, 5.74) is 5.78. The van der Waals surface area contributed by atoms with Crippen LogP contribution in [0.25, 0.3) is 0 Å². The van der Waals surface area contributed by atoms with Crippen molar-refractivity contribution in [2.75, 3.05) is 0 Å². The number of carboxylic acids is 1. The van der Waals surface area contributed by atoms with Gasteiger partial charge in [0.15, 0.2) is 0 Å². The summed E-state index contributed by atoms with van der Waals surface area (Å²) in [7, 11) is 0. The Morgan fingerprint density at radius 1 is 1.31 bits per heavy atom. The highest BCUT2D eigenvalue weighted by molar-refractivity contribution is 5.70. The first-order chi connectivity index (χ1) is 5.86. The lowest BCUT2D eigenvalue weighted by atomic mass is 9.87. The molecule has 0 amide bonds. The molecule has 0 heterocycles. The van der Waals surface area contributed by atoms with E-state index < -0.39 is 11.9 Å². The van der Waals surface area contributed by atoms with Crippen molar-refractivity contribution in [2.24, 2.45) is 23.5 Å². The maximum atomic E-state index is 10.6. The van der Waals surface area contributed by atoms with Crippen LogP contribution in [-0.4, -0.2) is 17.1 Å². The zero-order valence-corrected chi connectivity index (χ0v) is 8.95. The lowest BCUT2D eigenvalue weighted by molar-refractivity contribution is -0.141. The molecule has 0 aromatic heterocycles. The van der Waals surface area contributed by atoms with Crippen molar-refractivity contribution in [1.29, 1.82) is 0 Å². The predicted octanol–water partition coefficient (Wildman–Crippen LogP) is 1.72. The molecule has 0 bridgehead atoms. The van der Waals surface area contributed by atoms with Crippen LogP contribution in [0.1, 0.15) is 34.1 Å². The minimum Gasteiger partial charge on any atom is -0.481 e. The van der Waals surface area contributed by atoms with Gasteiger partial charge in [0.05, 0.1) is 5.92 Å². The molecule has 0 saturated heterocycles. The summed E-state index contributed by atoms with van der Waals surface area (Å²) in [6.07, 6.45) is 0.783. The average molecular weight is 187 g/mol.